The van der Waals surface area contributed by atoms with E-state index in [1.165, 1.54) is 43.4 Å². The number of allylic oxidation sites excluding steroid dienone is 1. The van der Waals surface area contributed by atoms with E-state index < -0.39 is 8.07 Å². The van der Waals surface area contributed by atoms with Gasteiger partial charge in [-0.05, 0) is 0 Å². The Labute approximate surface area is 240 Å². The van der Waals surface area contributed by atoms with Gasteiger partial charge < -0.3 is 37.2 Å². The van der Waals surface area contributed by atoms with Crippen LogP contribution >= 0.6 is 0 Å². The van der Waals surface area contributed by atoms with E-state index in [0.717, 1.165) is 0 Å². The molecule has 0 saturated carbocycles. The third-order valence-corrected chi connectivity index (χ3v) is 14.4. The van der Waals surface area contributed by atoms with Crippen molar-refractivity contribution in [2.45, 2.75) is 24.1 Å². The van der Waals surface area contributed by atoms with Gasteiger partial charge in [0.1, 0.15) is 0 Å². The second kappa shape index (κ2) is 11.6. The first-order valence-electron chi connectivity index (χ1n) is 11.2. The van der Waals surface area contributed by atoms with Crippen LogP contribution in [-0.4, -0.2) is 8.07 Å². The molecule has 1 aliphatic rings. The predicted octanol–water partition coefficient (Wildman–Crippen LogP) is -3.90. The molecule has 0 spiro atoms. The zero-order valence-corrected chi connectivity index (χ0v) is 24.9. The number of fused-ring (bicyclic) bond motifs is 1. The Morgan fingerprint density at radius 1 is 0.571 bits per heavy atom. The summed E-state index contributed by atoms with van der Waals surface area (Å²) in [6.45, 7) is 6.65. The van der Waals surface area contributed by atoms with E-state index in [1.54, 1.807) is 0 Å². The first kappa shape index (κ1) is 29.7. The van der Waals surface area contributed by atoms with Crippen molar-refractivity contribution in [3.05, 3.63) is 131 Å². The van der Waals surface area contributed by atoms with Crippen LogP contribution < -0.4 is 52.8 Å². The molecule has 0 aromatic heterocycles. The summed E-state index contributed by atoms with van der Waals surface area (Å²) in [4.78, 5) is 0. The first-order valence-corrected chi connectivity index (χ1v) is 14.0. The van der Waals surface area contributed by atoms with Crippen molar-refractivity contribution in [2.24, 2.45) is 0 Å². The summed E-state index contributed by atoms with van der Waals surface area (Å²) >= 11 is 2.48. The Morgan fingerprint density at radius 3 is 1.43 bits per heavy atom. The Kier molecular flexibility index (Phi) is 9.87. The van der Waals surface area contributed by atoms with Gasteiger partial charge in [0.25, 0.3) is 0 Å². The third-order valence-electron chi connectivity index (χ3n) is 6.84. The van der Waals surface area contributed by atoms with Crippen LogP contribution in [0.3, 0.4) is 0 Å². The summed E-state index contributed by atoms with van der Waals surface area (Å²) in [6, 6.07) is 36.8. The van der Waals surface area contributed by atoms with Crippen LogP contribution in [0, 0.1) is 20.8 Å². The van der Waals surface area contributed by atoms with Gasteiger partial charge in [0.2, 0.25) is 0 Å². The normalized spacial score (nSPS) is 15.9. The molecule has 1 aliphatic carbocycles. The van der Waals surface area contributed by atoms with Crippen molar-refractivity contribution >= 4 is 29.7 Å². The van der Waals surface area contributed by atoms with Crippen molar-refractivity contribution in [3.63, 3.8) is 0 Å². The van der Waals surface area contributed by atoms with Gasteiger partial charge in [-0.3, -0.25) is 0 Å². The van der Waals surface area contributed by atoms with Gasteiger partial charge in [-0.15, -0.1) is 0 Å². The maximum Gasteiger partial charge on any atom is -1.00 e. The van der Waals surface area contributed by atoms with Crippen molar-refractivity contribution in [1.29, 1.82) is 0 Å². The molecular formula is C30H27Cl3SiTi. The molecule has 0 bridgehead atoms. The van der Waals surface area contributed by atoms with Crippen molar-refractivity contribution in [2.75, 3.05) is 0 Å². The summed E-state index contributed by atoms with van der Waals surface area (Å²) in [5, 5.41) is 4.41. The van der Waals surface area contributed by atoms with Crippen molar-refractivity contribution in [3.8, 4) is 0 Å². The fourth-order valence-corrected chi connectivity index (χ4v) is 13.7. The minimum absolute atomic E-state index is 0. The van der Waals surface area contributed by atoms with E-state index in [1.807, 2.05) is 0 Å². The van der Waals surface area contributed by atoms with E-state index in [9.17, 15) is 0 Å². The molecule has 0 amide bonds. The molecule has 176 valence electrons. The van der Waals surface area contributed by atoms with E-state index in [-0.39, 0.29) is 40.6 Å². The van der Waals surface area contributed by atoms with E-state index in [0.29, 0.717) is 0 Å². The van der Waals surface area contributed by atoms with Gasteiger partial charge in [-0.2, -0.15) is 0 Å². The maximum atomic E-state index is 2.50. The smallest absolute Gasteiger partial charge is 1.00 e. The molecule has 35 heavy (non-hydrogen) atoms. The average molecular weight is 570 g/mol. The van der Waals surface area contributed by atoms with Gasteiger partial charge in [0.15, 0.2) is 0 Å². The Balaban J connectivity index is 0.00000144. The molecular weight excluding hydrogens is 543 g/mol. The molecule has 4 aromatic rings. The molecule has 0 saturated heterocycles. The Morgan fingerprint density at radius 2 is 1.00 bits per heavy atom. The summed E-state index contributed by atoms with van der Waals surface area (Å²) in [5.74, 6) is 0. The van der Waals surface area contributed by atoms with Gasteiger partial charge >= 0.3 is 205 Å². The molecule has 0 aliphatic heterocycles. The SMILES string of the molecule is Cc1cccc([Si](c2cccc(C)c2)(c2cccc(C)c2)[C]2([Ti+3])C=Cc3ccccc32)c1.[Cl-].[Cl-].[Cl-]. The number of aryl methyl sites for hydroxylation is 3. The van der Waals surface area contributed by atoms with E-state index >= 15 is 0 Å². The zero-order chi connectivity index (χ0) is 22.3. The van der Waals surface area contributed by atoms with Crippen LogP contribution in [0.2, 0.25) is 0 Å². The van der Waals surface area contributed by atoms with Crippen LogP contribution in [0.25, 0.3) is 6.08 Å². The second-order valence-electron chi connectivity index (χ2n) is 9.09. The number of benzene rings is 4. The molecule has 0 fully saturated rings. The summed E-state index contributed by atoms with van der Waals surface area (Å²) < 4.78 is -0.112. The maximum absolute atomic E-state index is 2.55. The number of rotatable bonds is 4. The van der Waals surface area contributed by atoms with Gasteiger partial charge in [-0.1, -0.05) is 0 Å². The molecule has 1 unspecified atom stereocenters. The molecule has 5 heteroatoms. The van der Waals surface area contributed by atoms with Crippen LogP contribution in [0.4, 0.5) is 0 Å². The first-order chi connectivity index (χ1) is 15.4. The van der Waals surface area contributed by atoms with Crippen molar-refractivity contribution < 1.29 is 57.7 Å². The molecule has 0 N–H and O–H groups in total. The Hall–Kier alpha value is -1.58. The fourth-order valence-electron chi connectivity index (χ4n) is 5.45. The molecule has 5 rings (SSSR count). The summed E-state index contributed by atoms with van der Waals surface area (Å²) in [7, 11) is -2.55. The van der Waals surface area contributed by atoms with Crippen LogP contribution in [0.1, 0.15) is 27.8 Å². The molecule has 0 heterocycles. The van der Waals surface area contributed by atoms with E-state index in [4.69, 9.17) is 0 Å². The topological polar surface area (TPSA) is 0 Å². The number of hydrogen-bond donors (Lipinski definition) is 0. The number of halogens is 3. The van der Waals surface area contributed by atoms with Gasteiger partial charge in [-0.25, -0.2) is 0 Å². The zero-order valence-electron chi connectivity index (χ0n) is 20.0. The summed E-state index contributed by atoms with van der Waals surface area (Å²) in [5.41, 5.74) is 6.74. The quantitative estimate of drug-likeness (QED) is 0.174. The largest absolute Gasteiger partial charge is 1.00 e. The molecule has 0 radical (unpaired) electrons. The monoisotopic (exact) mass is 568 g/mol. The minimum atomic E-state index is -2.55. The standard InChI is InChI=1S/C30H27Si.3ClH.Ti/c1-22-9-6-13-26(19-22)31(27-14-7-10-23(2)20-27,28-15-8-11-24(3)21-28)30-18-17-25-12-4-5-16-29(25)30;;;;/h4-21H,1-3H3;3*1H;/q;;;;+3/p-3. The van der Waals surface area contributed by atoms with Crippen molar-refractivity contribution in [1.82, 2.24) is 0 Å². The van der Waals surface area contributed by atoms with Crippen LogP contribution in [0.15, 0.2) is 103 Å². The van der Waals surface area contributed by atoms with Crippen LogP contribution in [-0.2, 0) is 23.8 Å². The molecule has 4 aromatic carbocycles. The third kappa shape index (κ3) is 4.88. The number of hydrogen-bond acceptors (Lipinski definition) is 0. The Bertz CT molecular complexity index is 1240. The fraction of sp³-hybridized carbons (Fsp3) is 0.133. The van der Waals surface area contributed by atoms with Gasteiger partial charge in [0, 0.05) is 0 Å². The minimum Gasteiger partial charge on any atom is -1.00 e. The summed E-state index contributed by atoms with van der Waals surface area (Å²) in [6.07, 6.45) is 4.84. The van der Waals surface area contributed by atoms with Gasteiger partial charge in [0.05, 0.1) is 0 Å². The predicted molar refractivity (Wildman–Crippen MR) is 135 cm³/mol. The van der Waals surface area contributed by atoms with E-state index in [2.05, 4.69) is 150 Å². The van der Waals surface area contributed by atoms with Crippen LogP contribution in [0.5, 0.6) is 0 Å². The molecule has 1 atom stereocenters. The average Bonchev–Trinajstić information content (AvgIpc) is 3.13. The second-order valence-corrected chi connectivity index (χ2v) is 15.1. The molecule has 0 nitrogen and oxygen atoms in total.